The van der Waals surface area contributed by atoms with E-state index in [1.807, 2.05) is 6.07 Å². The summed E-state index contributed by atoms with van der Waals surface area (Å²) in [6.07, 6.45) is 1.06. The van der Waals surface area contributed by atoms with Crippen LogP contribution in [0.5, 0.6) is 0 Å². The summed E-state index contributed by atoms with van der Waals surface area (Å²) < 4.78 is 0. The minimum absolute atomic E-state index is 0.0753. The van der Waals surface area contributed by atoms with E-state index in [1.165, 1.54) is 16.8 Å². The molecule has 0 aromatic heterocycles. The first kappa shape index (κ1) is 17.3. The standard InChI is InChI=1S/C24H26N4/c1-26(21-12-5-3-6-13-21)28(22-14-7-4-8-15-22)17-19-10-9-11-20(16-19)23-18-24(23,25)27(23)2/h3-16H,17-18,25H2,1-2H3/t23?,24-,27-/m0/s1. The fraction of sp³-hybridized carbons (Fsp3) is 0.250. The lowest BCUT2D eigenvalue weighted by Crippen LogP contribution is -2.39. The van der Waals surface area contributed by atoms with Crippen LogP contribution < -0.4 is 15.8 Å². The zero-order valence-corrected chi connectivity index (χ0v) is 16.4. The molecule has 1 unspecified atom stereocenters. The van der Waals surface area contributed by atoms with Gasteiger partial charge in [-0.2, -0.15) is 0 Å². The van der Waals surface area contributed by atoms with Gasteiger partial charge in [0.05, 0.1) is 29.1 Å². The molecule has 1 saturated heterocycles. The van der Waals surface area contributed by atoms with Gasteiger partial charge in [-0.25, -0.2) is 0 Å². The monoisotopic (exact) mass is 370 g/mol. The highest BCUT2D eigenvalue weighted by Gasteiger charge is 2.87. The largest absolute Gasteiger partial charge is 0.311 e. The molecule has 0 amide bonds. The van der Waals surface area contributed by atoms with Gasteiger partial charge in [0.2, 0.25) is 0 Å². The van der Waals surface area contributed by atoms with Crippen LogP contribution in [0.1, 0.15) is 17.5 Å². The third-order valence-electron chi connectivity index (χ3n) is 6.52. The van der Waals surface area contributed by atoms with E-state index in [4.69, 9.17) is 5.73 Å². The fourth-order valence-electron chi connectivity index (χ4n) is 4.53. The van der Waals surface area contributed by atoms with E-state index in [1.54, 1.807) is 0 Å². The van der Waals surface area contributed by atoms with Gasteiger partial charge in [-0.05, 0) is 42.4 Å². The van der Waals surface area contributed by atoms with Crippen LogP contribution >= 0.6 is 0 Å². The third kappa shape index (κ3) is 2.45. The van der Waals surface area contributed by atoms with Crippen molar-refractivity contribution in [1.82, 2.24) is 4.90 Å². The van der Waals surface area contributed by atoms with Gasteiger partial charge in [-0.1, -0.05) is 60.7 Å². The number of rotatable bonds is 6. The molecule has 142 valence electrons. The van der Waals surface area contributed by atoms with Crippen molar-refractivity contribution in [3.05, 3.63) is 96.1 Å². The Labute approximate surface area is 166 Å². The van der Waals surface area contributed by atoms with E-state index >= 15 is 0 Å². The first-order valence-electron chi connectivity index (χ1n) is 9.80. The van der Waals surface area contributed by atoms with Crippen molar-refractivity contribution in [2.75, 3.05) is 24.1 Å². The summed E-state index contributed by atoms with van der Waals surface area (Å²) in [7, 11) is 4.24. The molecule has 3 aromatic rings. The lowest BCUT2D eigenvalue weighted by atomic mass is 10.0. The van der Waals surface area contributed by atoms with Gasteiger partial charge in [0.25, 0.3) is 0 Å². The number of benzene rings is 3. The molecule has 28 heavy (non-hydrogen) atoms. The Morgan fingerprint density at radius 1 is 0.893 bits per heavy atom. The van der Waals surface area contributed by atoms with Crippen LogP contribution in [-0.4, -0.2) is 24.7 Å². The molecule has 1 aliphatic carbocycles. The predicted molar refractivity (Wildman–Crippen MR) is 115 cm³/mol. The van der Waals surface area contributed by atoms with Crippen molar-refractivity contribution in [2.24, 2.45) is 5.73 Å². The second-order valence-corrected chi connectivity index (χ2v) is 7.97. The molecular weight excluding hydrogens is 344 g/mol. The Bertz CT molecular complexity index is 990. The molecule has 1 heterocycles. The molecule has 1 aliphatic heterocycles. The predicted octanol–water partition coefficient (Wildman–Crippen LogP) is 3.94. The van der Waals surface area contributed by atoms with Crippen molar-refractivity contribution in [3.8, 4) is 0 Å². The molecule has 0 spiro atoms. The number of nitrogens with zero attached hydrogens (tertiary/aromatic N) is 3. The number of hydrazine groups is 1. The van der Waals surface area contributed by atoms with Crippen LogP contribution in [0.3, 0.4) is 0 Å². The molecule has 0 bridgehead atoms. The minimum atomic E-state index is -0.106. The number of anilines is 2. The Hall–Kier alpha value is -2.82. The average Bonchev–Trinajstić information content (AvgIpc) is 3.55. The second-order valence-electron chi connectivity index (χ2n) is 7.97. The normalized spacial score (nSPS) is 27.0. The Morgan fingerprint density at radius 2 is 1.50 bits per heavy atom. The lowest BCUT2D eigenvalue weighted by Gasteiger charge is -2.35. The van der Waals surface area contributed by atoms with E-state index in [2.05, 4.69) is 108 Å². The summed E-state index contributed by atoms with van der Waals surface area (Å²) in [5.74, 6) is 0. The van der Waals surface area contributed by atoms with E-state index in [0.717, 1.165) is 18.7 Å². The van der Waals surface area contributed by atoms with Gasteiger partial charge in [-0.15, -0.1) is 0 Å². The lowest BCUT2D eigenvalue weighted by molar-refractivity contribution is 0.367. The van der Waals surface area contributed by atoms with E-state index in [9.17, 15) is 0 Å². The zero-order chi connectivity index (χ0) is 19.4. The van der Waals surface area contributed by atoms with E-state index < -0.39 is 0 Å². The number of likely N-dealkylation sites (tertiary alicyclic amines) is 1. The van der Waals surface area contributed by atoms with Crippen molar-refractivity contribution >= 4 is 11.4 Å². The van der Waals surface area contributed by atoms with Gasteiger partial charge >= 0.3 is 0 Å². The topological polar surface area (TPSA) is 35.5 Å². The molecule has 3 atom stereocenters. The minimum Gasteiger partial charge on any atom is -0.311 e. The van der Waals surface area contributed by atoms with Crippen molar-refractivity contribution < 1.29 is 0 Å². The van der Waals surface area contributed by atoms with Crippen LogP contribution in [0.15, 0.2) is 84.9 Å². The van der Waals surface area contributed by atoms with Gasteiger partial charge in [0.15, 0.2) is 0 Å². The Kier molecular flexibility index (Phi) is 3.76. The molecule has 2 fully saturated rings. The molecular formula is C24H26N4. The van der Waals surface area contributed by atoms with Crippen LogP contribution in [-0.2, 0) is 12.1 Å². The van der Waals surface area contributed by atoms with Crippen LogP contribution in [0.25, 0.3) is 0 Å². The van der Waals surface area contributed by atoms with Gasteiger partial charge in [0.1, 0.15) is 0 Å². The first-order chi connectivity index (χ1) is 13.6. The maximum atomic E-state index is 6.42. The second kappa shape index (κ2) is 6.09. The van der Waals surface area contributed by atoms with Gasteiger partial charge < -0.3 is 5.73 Å². The summed E-state index contributed by atoms with van der Waals surface area (Å²) in [5, 5.41) is 4.53. The fourth-order valence-corrected chi connectivity index (χ4v) is 4.53. The summed E-state index contributed by atoms with van der Waals surface area (Å²) >= 11 is 0. The number of likely N-dealkylation sites (N-methyl/N-ethyl adjacent to an activating group) is 1. The molecule has 2 N–H and O–H groups in total. The highest BCUT2D eigenvalue weighted by atomic mass is 15.6. The average molecular weight is 370 g/mol. The van der Waals surface area contributed by atoms with Crippen molar-refractivity contribution in [1.29, 1.82) is 0 Å². The molecule has 4 nitrogen and oxygen atoms in total. The Balaban J connectivity index is 1.46. The zero-order valence-electron chi connectivity index (χ0n) is 16.4. The summed E-state index contributed by atoms with van der Waals surface area (Å²) in [6.45, 7) is 0.792. The Morgan fingerprint density at radius 3 is 2.07 bits per heavy atom. The number of hydrogen-bond donors (Lipinski definition) is 1. The molecule has 1 saturated carbocycles. The van der Waals surface area contributed by atoms with Crippen LogP contribution in [0.2, 0.25) is 0 Å². The highest BCUT2D eigenvalue weighted by molar-refractivity contribution is 5.58. The van der Waals surface area contributed by atoms with Gasteiger partial charge in [-0.3, -0.25) is 14.9 Å². The highest BCUT2D eigenvalue weighted by Crippen LogP contribution is 2.75. The molecule has 0 radical (unpaired) electrons. The number of fused-ring (bicyclic) bond motifs is 1. The molecule has 5 rings (SSSR count). The van der Waals surface area contributed by atoms with Crippen molar-refractivity contribution in [3.63, 3.8) is 0 Å². The number of hydrogen-bond acceptors (Lipinski definition) is 4. The molecule has 3 aromatic carbocycles. The first-order valence-corrected chi connectivity index (χ1v) is 9.80. The maximum absolute atomic E-state index is 6.42. The van der Waals surface area contributed by atoms with E-state index in [0.29, 0.717) is 0 Å². The van der Waals surface area contributed by atoms with Crippen molar-refractivity contribution in [2.45, 2.75) is 24.2 Å². The number of nitrogens with two attached hydrogens (primary N) is 1. The molecule has 4 heteroatoms. The third-order valence-corrected chi connectivity index (χ3v) is 6.52. The number of para-hydroxylation sites is 2. The van der Waals surface area contributed by atoms with Crippen LogP contribution in [0, 0.1) is 0 Å². The van der Waals surface area contributed by atoms with E-state index in [-0.39, 0.29) is 11.2 Å². The smallest absolute Gasteiger partial charge is 0.0949 e. The summed E-state index contributed by atoms with van der Waals surface area (Å²) in [5.41, 5.74) is 11.3. The summed E-state index contributed by atoms with van der Waals surface area (Å²) in [4.78, 5) is 2.28. The van der Waals surface area contributed by atoms with Crippen LogP contribution in [0.4, 0.5) is 11.4 Å². The SMILES string of the molecule is CN(c1ccccc1)N(Cc1cccc(C23C[C@]2(N)[N@@]3C)c1)c1ccccc1. The van der Waals surface area contributed by atoms with Gasteiger partial charge in [0, 0.05) is 13.5 Å². The molecule has 2 aliphatic rings. The maximum Gasteiger partial charge on any atom is 0.0949 e. The summed E-state index contributed by atoms with van der Waals surface area (Å²) in [6, 6.07) is 29.9. The quantitative estimate of drug-likeness (QED) is 0.527.